The number of hydrogen-bond donors (Lipinski definition) is 1. The fourth-order valence-corrected chi connectivity index (χ4v) is 4.22. The predicted octanol–water partition coefficient (Wildman–Crippen LogP) is 2.43. The van der Waals surface area contributed by atoms with Gasteiger partial charge in [-0.15, -0.1) is 10.2 Å². The van der Waals surface area contributed by atoms with Gasteiger partial charge < -0.3 is 19.4 Å². The number of benzene rings is 1. The first-order valence-corrected chi connectivity index (χ1v) is 11.5. The molecular formula is C22H24BrN7O2. The topological polar surface area (TPSA) is 90.5 Å². The van der Waals surface area contributed by atoms with Gasteiger partial charge in [0, 0.05) is 49.3 Å². The monoisotopic (exact) mass is 497 g/mol. The molecule has 2 aliphatic rings. The number of piperazine rings is 1. The number of aromatic nitrogens is 4. The first-order chi connectivity index (χ1) is 15.7. The quantitative estimate of drug-likeness (QED) is 0.591. The van der Waals surface area contributed by atoms with Gasteiger partial charge in [0.1, 0.15) is 5.69 Å². The lowest BCUT2D eigenvalue weighted by atomic mass is 10.1. The molecule has 5 rings (SSSR count). The first kappa shape index (κ1) is 20.9. The Bertz CT molecular complexity index is 1060. The summed E-state index contributed by atoms with van der Waals surface area (Å²) in [6.45, 7) is 5.80. The number of nitrogens with zero attached hydrogens (tertiary/aromatic N) is 6. The Morgan fingerprint density at radius 3 is 2.12 bits per heavy atom. The Morgan fingerprint density at radius 2 is 1.50 bits per heavy atom. The molecule has 9 nitrogen and oxygen atoms in total. The summed E-state index contributed by atoms with van der Waals surface area (Å²) >= 11 is 3.43. The second kappa shape index (κ2) is 9.25. The third-order valence-corrected chi connectivity index (χ3v) is 6.34. The number of anilines is 2. The summed E-state index contributed by atoms with van der Waals surface area (Å²) in [4.78, 5) is 19.1. The number of carbonyl (C=O) groups is 1. The molecule has 2 fully saturated rings. The average molecular weight is 498 g/mol. The molecule has 32 heavy (non-hydrogen) atoms. The lowest BCUT2D eigenvalue weighted by molar-refractivity contribution is 0.0740. The molecule has 0 aliphatic carbocycles. The molecule has 2 aromatic heterocycles. The second-order valence-corrected chi connectivity index (χ2v) is 8.72. The highest BCUT2D eigenvalue weighted by Crippen LogP contribution is 2.22. The van der Waals surface area contributed by atoms with Crippen LogP contribution in [0.25, 0.3) is 11.3 Å². The highest BCUT2D eigenvalue weighted by Gasteiger charge is 2.25. The van der Waals surface area contributed by atoms with Crippen LogP contribution in [0.5, 0.6) is 0 Å². The van der Waals surface area contributed by atoms with E-state index in [1.807, 2.05) is 47.4 Å². The largest absolute Gasteiger partial charge is 0.378 e. The van der Waals surface area contributed by atoms with Crippen molar-refractivity contribution in [3.63, 3.8) is 0 Å². The van der Waals surface area contributed by atoms with Crippen molar-refractivity contribution in [3.05, 3.63) is 52.6 Å². The highest BCUT2D eigenvalue weighted by molar-refractivity contribution is 9.10. The number of carbonyl (C=O) groups excluding carboxylic acids is 1. The van der Waals surface area contributed by atoms with E-state index in [9.17, 15) is 4.79 Å². The zero-order valence-electron chi connectivity index (χ0n) is 17.6. The summed E-state index contributed by atoms with van der Waals surface area (Å²) in [5, 5.41) is 16.0. The van der Waals surface area contributed by atoms with Crippen LogP contribution in [0.15, 0.2) is 46.9 Å². The SMILES string of the molecule is O=C(c1cc(-c2ccc(Br)cc2)n[nH]1)N1CCN(c2ccc(N3CCOCC3)nn2)CC1. The molecule has 1 N–H and O–H groups in total. The Morgan fingerprint density at radius 1 is 0.875 bits per heavy atom. The van der Waals surface area contributed by atoms with Crippen LogP contribution >= 0.6 is 15.9 Å². The van der Waals surface area contributed by atoms with E-state index in [0.717, 1.165) is 53.7 Å². The summed E-state index contributed by atoms with van der Waals surface area (Å²) in [6.07, 6.45) is 0. The molecule has 2 aliphatic heterocycles. The van der Waals surface area contributed by atoms with Crippen LogP contribution in [0.1, 0.15) is 10.5 Å². The number of nitrogens with one attached hydrogen (secondary N) is 1. The van der Waals surface area contributed by atoms with Crippen molar-refractivity contribution in [2.45, 2.75) is 0 Å². The number of amides is 1. The number of ether oxygens (including phenoxy) is 1. The van der Waals surface area contributed by atoms with E-state index in [4.69, 9.17) is 4.74 Å². The third-order valence-electron chi connectivity index (χ3n) is 5.81. The smallest absolute Gasteiger partial charge is 0.272 e. The molecule has 0 bridgehead atoms. The standard InChI is InChI=1S/C22H24BrN7O2/c23-17-3-1-16(2-4-17)18-15-19(25-24-18)22(31)30-9-7-28(8-10-30)20-5-6-21(27-26-20)29-11-13-32-14-12-29/h1-6,15H,7-14H2,(H,24,25). The molecule has 0 spiro atoms. The van der Waals surface area contributed by atoms with Crippen molar-refractivity contribution in [1.82, 2.24) is 25.3 Å². The van der Waals surface area contributed by atoms with Gasteiger partial charge in [-0.1, -0.05) is 28.1 Å². The maximum atomic E-state index is 12.9. The van der Waals surface area contributed by atoms with E-state index in [0.29, 0.717) is 31.9 Å². The summed E-state index contributed by atoms with van der Waals surface area (Å²) in [5.74, 6) is 1.69. The van der Waals surface area contributed by atoms with Crippen LogP contribution in [0.2, 0.25) is 0 Å². The third kappa shape index (κ3) is 4.46. The molecule has 3 aromatic rings. The fourth-order valence-electron chi connectivity index (χ4n) is 3.96. The van der Waals surface area contributed by atoms with E-state index in [-0.39, 0.29) is 5.91 Å². The van der Waals surface area contributed by atoms with Crippen LogP contribution in [0.4, 0.5) is 11.6 Å². The minimum atomic E-state index is -0.0331. The van der Waals surface area contributed by atoms with Gasteiger partial charge in [-0.05, 0) is 30.3 Å². The molecule has 0 saturated carbocycles. The number of aromatic amines is 1. The Labute approximate surface area is 194 Å². The van der Waals surface area contributed by atoms with Crippen molar-refractivity contribution in [2.24, 2.45) is 0 Å². The number of halogens is 1. The van der Waals surface area contributed by atoms with Gasteiger partial charge in [-0.3, -0.25) is 9.89 Å². The zero-order chi connectivity index (χ0) is 21.9. The summed E-state index contributed by atoms with van der Waals surface area (Å²) in [5.41, 5.74) is 2.23. The van der Waals surface area contributed by atoms with E-state index < -0.39 is 0 Å². The number of morpholine rings is 1. The minimum Gasteiger partial charge on any atom is -0.378 e. The van der Waals surface area contributed by atoms with Crippen molar-refractivity contribution in [1.29, 1.82) is 0 Å². The van der Waals surface area contributed by atoms with Gasteiger partial charge in [0.15, 0.2) is 11.6 Å². The molecular weight excluding hydrogens is 474 g/mol. The molecule has 1 amide bonds. The van der Waals surface area contributed by atoms with Gasteiger partial charge in [0.2, 0.25) is 0 Å². The number of H-pyrrole nitrogens is 1. The van der Waals surface area contributed by atoms with Crippen LogP contribution in [-0.4, -0.2) is 83.7 Å². The van der Waals surface area contributed by atoms with Crippen molar-refractivity contribution in [2.75, 3.05) is 62.3 Å². The Balaban J connectivity index is 1.18. The number of hydrogen-bond acceptors (Lipinski definition) is 7. The highest BCUT2D eigenvalue weighted by atomic mass is 79.9. The van der Waals surface area contributed by atoms with Gasteiger partial charge in [-0.2, -0.15) is 5.10 Å². The van der Waals surface area contributed by atoms with Crippen molar-refractivity contribution >= 4 is 33.5 Å². The lowest BCUT2D eigenvalue weighted by Crippen LogP contribution is -2.49. The normalized spacial score (nSPS) is 17.0. The maximum Gasteiger partial charge on any atom is 0.272 e. The van der Waals surface area contributed by atoms with E-state index >= 15 is 0 Å². The molecule has 1 aromatic carbocycles. The van der Waals surface area contributed by atoms with Crippen LogP contribution in [-0.2, 0) is 4.74 Å². The molecule has 0 atom stereocenters. The molecule has 0 unspecified atom stereocenters. The first-order valence-electron chi connectivity index (χ1n) is 10.7. The fraction of sp³-hybridized carbons (Fsp3) is 0.364. The Kier molecular flexibility index (Phi) is 6.04. The van der Waals surface area contributed by atoms with Gasteiger partial charge in [0.25, 0.3) is 5.91 Å². The van der Waals surface area contributed by atoms with Crippen molar-refractivity contribution < 1.29 is 9.53 Å². The van der Waals surface area contributed by atoms with E-state index in [2.05, 4.69) is 46.1 Å². The van der Waals surface area contributed by atoms with E-state index in [1.165, 1.54) is 0 Å². The molecule has 4 heterocycles. The minimum absolute atomic E-state index is 0.0331. The summed E-state index contributed by atoms with van der Waals surface area (Å²) in [7, 11) is 0. The van der Waals surface area contributed by atoms with Crippen molar-refractivity contribution in [3.8, 4) is 11.3 Å². The van der Waals surface area contributed by atoms with E-state index in [1.54, 1.807) is 0 Å². The molecule has 166 valence electrons. The van der Waals surface area contributed by atoms with Crippen LogP contribution < -0.4 is 9.80 Å². The summed E-state index contributed by atoms with van der Waals surface area (Å²) in [6, 6.07) is 13.7. The van der Waals surface area contributed by atoms with Gasteiger partial charge >= 0.3 is 0 Å². The molecule has 0 radical (unpaired) electrons. The molecule has 2 saturated heterocycles. The predicted molar refractivity (Wildman–Crippen MR) is 125 cm³/mol. The second-order valence-electron chi connectivity index (χ2n) is 7.80. The lowest BCUT2D eigenvalue weighted by Gasteiger charge is -2.35. The van der Waals surface area contributed by atoms with Gasteiger partial charge in [-0.25, -0.2) is 0 Å². The Hall–Kier alpha value is -2.98. The number of rotatable bonds is 4. The zero-order valence-corrected chi connectivity index (χ0v) is 19.2. The summed E-state index contributed by atoms with van der Waals surface area (Å²) < 4.78 is 6.40. The maximum absolute atomic E-state index is 12.9. The van der Waals surface area contributed by atoms with Crippen LogP contribution in [0, 0.1) is 0 Å². The van der Waals surface area contributed by atoms with Gasteiger partial charge in [0.05, 0.1) is 18.9 Å². The molecule has 10 heteroatoms. The van der Waals surface area contributed by atoms with Crippen LogP contribution in [0.3, 0.4) is 0 Å². The average Bonchev–Trinajstić information content (AvgIpc) is 3.35.